The molecule has 3 aromatic heterocycles. The van der Waals surface area contributed by atoms with Crippen LogP contribution in [-0.2, 0) is 16.0 Å². The zero-order chi connectivity index (χ0) is 28.5. The highest BCUT2D eigenvalue weighted by Gasteiger charge is 2.30. The second kappa shape index (κ2) is 10.9. The van der Waals surface area contributed by atoms with Crippen LogP contribution in [0.15, 0.2) is 10.8 Å². The van der Waals surface area contributed by atoms with Crippen LogP contribution in [0.4, 0.5) is 15.4 Å². The van der Waals surface area contributed by atoms with Gasteiger partial charge in [0, 0.05) is 32.5 Å². The first-order valence-corrected chi connectivity index (χ1v) is 13.2. The van der Waals surface area contributed by atoms with Crippen LogP contribution >= 0.6 is 11.6 Å². The summed E-state index contributed by atoms with van der Waals surface area (Å²) >= 11 is 6.43. The summed E-state index contributed by atoms with van der Waals surface area (Å²) in [7, 11) is 0. The van der Waals surface area contributed by atoms with Crippen molar-refractivity contribution in [3.05, 3.63) is 11.3 Å². The average molecular weight is 564 g/mol. The number of amides is 2. The van der Waals surface area contributed by atoms with Crippen molar-refractivity contribution in [2.75, 3.05) is 18.4 Å². The van der Waals surface area contributed by atoms with Gasteiger partial charge in [-0.1, -0.05) is 11.6 Å². The third kappa shape index (κ3) is 6.70. The molecule has 1 aliphatic rings. The van der Waals surface area contributed by atoms with Crippen molar-refractivity contribution in [2.24, 2.45) is 0 Å². The fourth-order valence-corrected chi connectivity index (χ4v) is 4.32. The van der Waals surface area contributed by atoms with Gasteiger partial charge in [0.1, 0.15) is 28.3 Å². The monoisotopic (exact) mass is 563 g/mol. The lowest BCUT2D eigenvalue weighted by atomic mass is 10.1. The quantitative estimate of drug-likeness (QED) is 0.406. The van der Waals surface area contributed by atoms with E-state index in [1.807, 2.05) is 32.3 Å². The van der Waals surface area contributed by atoms with Gasteiger partial charge in [-0.25, -0.2) is 24.2 Å². The maximum Gasteiger partial charge on any atom is 0.413 e. The number of pyridine rings is 1. The van der Waals surface area contributed by atoms with Crippen molar-refractivity contribution in [1.82, 2.24) is 29.7 Å². The van der Waals surface area contributed by atoms with Gasteiger partial charge < -0.3 is 23.7 Å². The highest BCUT2D eigenvalue weighted by molar-refractivity contribution is 6.34. The molecule has 14 heteroatoms. The maximum atomic E-state index is 12.4. The molecular weight excluding hydrogens is 530 g/mol. The van der Waals surface area contributed by atoms with Gasteiger partial charge >= 0.3 is 12.2 Å². The number of rotatable bonds is 5. The van der Waals surface area contributed by atoms with Crippen LogP contribution in [0.1, 0.15) is 61.3 Å². The normalized spacial score (nSPS) is 14.9. The highest BCUT2D eigenvalue weighted by Crippen LogP contribution is 2.36. The molecule has 1 fully saturated rings. The summed E-state index contributed by atoms with van der Waals surface area (Å²) in [4.78, 5) is 35.4. The first-order valence-electron chi connectivity index (χ1n) is 12.8. The second-order valence-electron chi connectivity index (χ2n) is 11.2. The van der Waals surface area contributed by atoms with E-state index < -0.39 is 17.3 Å². The zero-order valence-electron chi connectivity index (χ0n) is 23.2. The van der Waals surface area contributed by atoms with Crippen molar-refractivity contribution in [3.8, 4) is 17.3 Å². The van der Waals surface area contributed by atoms with Gasteiger partial charge in [-0.3, -0.25) is 5.32 Å². The Hall–Kier alpha value is -3.61. The number of carbonyl (C=O) groups is 2. The number of ether oxygens (including phenoxy) is 3. The number of aromatic nitrogens is 5. The number of fused-ring (bicyclic) bond motifs is 1. The van der Waals surface area contributed by atoms with Crippen LogP contribution in [0.5, 0.6) is 5.75 Å². The van der Waals surface area contributed by atoms with Gasteiger partial charge in [-0.2, -0.15) is 0 Å². The molecule has 1 aliphatic heterocycles. The van der Waals surface area contributed by atoms with E-state index in [2.05, 4.69) is 25.6 Å². The standard InChI is InChI=1S/C25H34ClN7O6/c1-8-33-18-15(36-14-9-11-32(12-10-14)23(35)38-25(5,6)7)13-27-19(26)16(18)28-21(33)17-20(31-39-30-17)29-22(34)37-24(2,3)4/h13-14H,8-12H2,1-7H3,(H,29,31,34). The lowest BCUT2D eigenvalue weighted by Gasteiger charge is -2.33. The Labute approximate surface area is 231 Å². The zero-order valence-corrected chi connectivity index (χ0v) is 24.0. The van der Waals surface area contributed by atoms with Gasteiger partial charge in [0.05, 0.1) is 6.20 Å². The molecule has 4 rings (SSSR count). The number of nitrogens with one attached hydrogen (secondary N) is 1. The minimum Gasteiger partial charge on any atom is -0.486 e. The number of hydrogen-bond acceptors (Lipinski definition) is 10. The smallest absolute Gasteiger partial charge is 0.413 e. The summed E-state index contributed by atoms with van der Waals surface area (Å²) in [6.45, 7) is 14.2. The molecule has 0 unspecified atom stereocenters. The molecule has 3 aromatic rings. The highest BCUT2D eigenvalue weighted by atomic mass is 35.5. The molecule has 2 amide bonds. The first-order chi connectivity index (χ1) is 18.3. The van der Waals surface area contributed by atoms with E-state index in [0.29, 0.717) is 55.1 Å². The Bertz CT molecular complexity index is 1350. The van der Waals surface area contributed by atoms with Crippen molar-refractivity contribution >= 4 is 40.6 Å². The molecule has 13 nitrogen and oxygen atoms in total. The molecule has 1 saturated heterocycles. The lowest BCUT2D eigenvalue weighted by molar-refractivity contribution is 0.0127. The van der Waals surface area contributed by atoms with E-state index in [-0.39, 0.29) is 28.9 Å². The van der Waals surface area contributed by atoms with E-state index in [1.165, 1.54) is 0 Å². The summed E-state index contributed by atoms with van der Waals surface area (Å²) in [5.41, 5.74) is -0.0293. The summed E-state index contributed by atoms with van der Waals surface area (Å²) in [6.07, 6.45) is 1.60. The summed E-state index contributed by atoms with van der Waals surface area (Å²) in [6, 6.07) is 0. The Morgan fingerprint density at radius 1 is 1.10 bits per heavy atom. The number of imidazole rings is 1. The third-order valence-electron chi connectivity index (χ3n) is 5.71. The number of aryl methyl sites for hydroxylation is 1. The Balaban J connectivity index is 1.58. The number of anilines is 1. The fraction of sp³-hybridized carbons (Fsp3) is 0.600. The van der Waals surface area contributed by atoms with Crippen molar-refractivity contribution < 1.29 is 28.4 Å². The molecular formula is C25H34ClN7O6. The average Bonchev–Trinajstić information content (AvgIpc) is 3.43. The third-order valence-corrected chi connectivity index (χ3v) is 5.99. The number of carbonyl (C=O) groups excluding carboxylic acids is 2. The van der Waals surface area contributed by atoms with Crippen molar-refractivity contribution in [3.63, 3.8) is 0 Å². The van der Waals surface area contributed by atoms with Gasteiger partial charge in [-0.05, 0) is 58.8 Å². The number of hydrogen-bond donors (Lipinski definition) is 1. The number of piperidine rings is 1. The predicted molar refractivity (Wildman–Crippen MR) is 143 cm³/mol. The topological polar surface area (TPSA) is 147 Å². The fourth-order valence-electron chi connectivity index (χ4n) is 4.14. The van der Waals surface area contributed by atoms with E-state index in [9.17, 15) is 9.59 Å². The molecule has 0 radical (unpaired) electrons. The largest absolute Gasteiger partial charge is 0.486 e. The Kier molecular flexibility index (Phi) is 7.92. The minimum absolute atomic E-state index is 0.0512. The summed E-state index contributed by atoms with van der Waals surface area (Å²) in [5, 5.41) is 10.5. The van der Waals surface area contributed by atoms with Crippen LogP contribution < -0.4 is 10.1 Å². The van der Waals surface area contributed by atoms with Crippen LogP contribution in [0.2, 0.25) is 5.15 Å². The molecule has 0 aliphatic carbocycles. The second-order valence-corrected chi connectivity index (χ2v) is 11.5. The summed E-state index contributed by atoms with van der Waals surface area (Å²) in [5.74, 6) is 0.901. The molecule has 39 heavy (non-hydrogen) atoms. The first kappa shape index (κ1) is 28.4. The maximum absolute atomic E-state index is 12.4. The number of nitrogens with zero attached hydrogens (tertiary/aromatic N) is 6. The van der Waals surface area contributed by atoms with E-state index in [1.54, 1.807) is 31.9 Å². The van der Waals surface area contributed by atoms with Gasteiger partial charge in [-0.15, -0.1) is 0 Å². The Morgan fingerprint density at radius 3 is 2.38 bits per heavy atom. The molecule has 0 bridgehead atoms. The van der Waals surface area contributed by atoms with Crippen molar-refractivity contribution in [1.29, 1.82) is 0 Å². The van der Waals surface area contributed by atoms with E-state index >= 15 is 0 Å². The predicted octanol–water partition coefficient (Wildman–Crippen LogP) is 5.28. The van der Waals surface area contributed by atoms with Gasteiger partial charge in [0.25, 0.3) is 0 Å². The molecule has 0 atom stereocenters. The Morgan fingerprint density at radius 2 is 1.77 bits per heavy atom. The van der Waals surface area contributed by atoms with Crippen LogP contribution in [0.3, 0.4) is 0 Å². The van der Waals surface area contributed by atoms with E-state index in [0.717, 1.165) is 0 Å². The molecule has 4 heterocycles. The van der Waals surface area contributed by atoms with E-state index in [4.69, 9.17) is 30.4 Å². The molecule has 0 aromatic carbocycles. The number of halogens is 1. The summed E-state index contributed by atoms with van der Waals surface area (Å²) < 4.78 is 23.9. The molecule has 0 spiro atoms. The number of likely N-dealkylation sites (tertiary alicyclic amines) is 1. The van der Waals surface area contributed by atoms with Gasteiger partial charge in [0.15, 0.2) is 22.4 Å². The lowest BCUT2D eigenvalue weighted by Crippen LogP contribution is -2.44. The van der Waals surface area contributed by atoms with Crippen LogP contribution in [0, 0.1) is 0 Å². The SMILES string of the molecule is CCn1c(-c2nonc2NC(=O)OC(C)(C)C)nc2c(Cl)ncc(OC3CCN(C(=O)OC(C)(C)C)CC3)c21. The van der Waals surface area contributed by atoms with Crippen LogP contribution in [-0.4, -0.2) is 72.3 Å². The molecule has 212 valence electrons. The molecule has 1 N–H and O–H groups in total. The van der Waals surface area contributed by atoms with Crippen molar-refractivity contribution in [2.45, 2.75) is 85.2 Å². The minimum atomic E-state index is -0.708. The van der Waals surface area contributed by atoms with Gasteiger partial charge in [0.2, 0.25) is 5.82 Å². The molecule has 0 saturated carbocycles. The van der Waals surface area contributed by atoms with Crippen LogP contribution in [0.25, 0.3) is 22.6 Å².